The Morgan fingerprint density at radius 1 is 1.28 bits per heavy atom. The summed E-state index contributed by atoms with van der Waals surface area (Å²) >= 11 is 6.13. The number of carbonyl (C=O) groups is 1. The second-order valence-corrected chi connectivity index (χ2v) is 8.26. The van der Waals surface area contributed by atoms with Crippen molar-refractivity contribution < 1.29 is 9.18 Å². The first-order chi connectivity index (χ1) is 15.6. The molecule has 164 valence electrons. The fraction of sp³-hybridized carbons (Fsp3) is 0.292. The lowest BCUT2D eigenvalue weighted by Gasteiger charge is -2.44. The van der Waals surface area contributed by atoms with Crippen LogP contribution in [-0.2, 0) is 11.2 Å². The molecule has 8 heteroatoms. The monoisotopic (exact) mass is 451 g/mol. The molecule has 1 amide bonds. The molecular formula is C24H23ClFN5O. The molecule has 1 fully saturated rings. The number of alkyl halides is 1. The van der Waals surface area contributed by atoms with E-state index in [0.717, 1.165) is 16.9 Å². The smallest absolute Gasteiger partial charge is 0.241 e. The highest BCUT2D eigenvalue weighted by atomic mass is 35.5. The van der Waals surface area contributed by atoms with Crippen LogP contribution < -0.4 is 4.90 Å². The van der Waals surface area contributed by atoms with Crippen molar-refractivity contribution in [3.8, 4) is 6.07 Å². The molecule has 1 aliphatic heterocycles. The summed E-state index contributed by atoms with van der Waals surface area (Å²) in [7, 11) is 0. The number of halogens is 2. The topological polar surface area (TPSA) is 76.0 Å². The Labute approximate surface area is 191 Å². The van der Waals surface area contributed by atoms with Gasteiger partial charge in [0, 0.05) is 29.5 Å². The molecule has 1 saturated heterocycles. The summed E-state index contributed by atoms with van der Waals surface area (Å²) in [4.78, 5) is 24.2. The predicted molar refractivity (Wildman–Crippen MR) is 121 cm³/mol. The number of benzene rings is 2. The number of imidazole rings is 1. The maximum absolute atomic E-state index is 13.6. The van der Waals surface area contributed by atoms with E-state index in [9.17, 15) is 9.18 Å². The second kappa shape index (κ2) is 9.94. The molecule has 6 nitrogen and oxygen atoms in total. The zero-order valence-corrected chi connectivity index (χ0v) is 18.2. The van der Waals surface area contributed by atoms with Crippen LogP contribution in [0.25, 0.3) is 0 Å². The van der Waals surface area contributed by atoms with Crippen molar-refractivity contribution in [2.75, 3.05) is 24.7 Å². The molecular weight excluding hydrogens is 429 g/mol. The van der Waals surface area contributed by atoms with Crippen molar-refractivity contribution in [2.24, 2.45) is 0 Å². The zero-order chi connectivity index (χ0) is 22.5. The van der Waals surface area contributed by atoms with Gasteiger partial charge in [0.05, 0.1) is 42.9 Å². The average molecular weight is 452 g/mol. The summed E-state index contributed by atoms with van der Waals surface area (Å²) in [6.45, 7) is 0.0452. The van der Waals surface area contributed by atoms with Crippen LogP contribution in [0.4, 0.5) is 10.1 Å². The normalized spacial score (nSPS) is 17.8. The van der Waals surface area contributed by atoms with E-state index in [4.69, 9.17) is 16.9 Å². The van der Waals surface area contributed by atoms with Crippen LogP contribution in [0.5, 0.6) is 0 Å². The number of amides is 1. The van der Waals surface area contributed by atoms with E-state index in [-0.39, 0.29) is 24.5 Å². The lowest BCUT2D eigenvalue weighted by Crippen LogP contribution is -2.57. The van der Waals surface area contributed by atoms with Crippen molar-refractivity contribution in [1.29, 1.82) is 5.26 Å². The fourth-order valence-corrected chi connectivity index (χ4v) is 4.41. The molecule has 1 N–H and O–H groups in total. The summed E-state index contributed by atoms with van der Waals surface area (Å²) in [5, 5.41) is 9.62. The minimum Gasteiger partial charge on any atom is -0.347 e. The molecule has 4 rings (SSSR count). The number of H-pyrrole nitrogens is 1. The van der Waals surface area contributed by atoms with E-state index >= 15 is 0 Å². The SMILES string of the molecule is N#Cc1ccc(CC(c2cnc[nH]2)N2CC(=O)N(c3cccc(Cl)c3)CC2CCF)cc1. The molecule has 2 aromatic carbocycles. The maximum Gasteiger partial charge on any atom is 0.241 e. The summed E-state index contributed by atoms with van der Waals surface area (Å²) in [6.07, 6.45) is 4.26. The van der Waals surface area contributed by atoms with Crippen LogP contribution >= 0.6 is 11.6 Å². The van der Waals surface area contributed by atoms with Gasteiger partial charge in [0.2, 0.25) is 5.91 Å². The van der Waals surface area contributed by atoms with Gasteiger partial charge in [-0.25, -0.2) is 4.98 Å². The molecule has 2 atom stereocenters. The Balaban J connectivity index is 1.63. The highest BCUT2D eigenvalue weighted by Gasteiger charge is 2.37. The Morgan fingerprint density at radius 2 is 2.09 bits per heavy atom. The van der Waals surface area contributed by atoms with Gasteiger partial charge < -0.3 is 9.88 Å². The van der Waals surface area contributed by atoms with Crippen molar-refractivity contribution in [2.45, 2.75) is 24.9 Å². The summed E-state index contributed by atoms with van der Waals surface area (Å²) in [6, 6.07) is 16.3. The number of rotatable bonds is 7. The van der Waals surface area contributed by atoms with Crippen LogP contribution in [0.2, 0.25) is 5.02 Å². The first-order valence-electron chi connectivity index (χ1n) is 10.4. The number of hydrogen-bond acceptors (Lipinski definition) is 4. The molecule has 0 aliphatic carbocycles. The van der Waals surface area contributed by atoms with Gasteiger partial charge in [0.25, 0.3) is 0 Å². The maximum atomic E-state index is 13.6. The second-order valence-electron chi connectivity index (χ2n) is 7.82. The van der Waals surface area contributed by atoms with Crippen molar-refractivity contribution in [3.05, 3.63) is 82.9 Å². The molecule has 3 aromatic rings. The van der Waals surface area contributed by atoms with E-state index in [1.807, 2.05) is 18.2 Å². The Morgan fingerprint density at radius 3 is 2.75 bits per heavy atom. The quantitative estimate of drug-likeness (QED) is 0.581. The highest BCUT2D eigenvalue weighted by molar-refractivity contribution is 6.30. The van der Waals surface area contributed by atoms with Crippen LogP contribution in [0.15, 0.2) is 61.1 Å². The van der Waals surface area contributed by atoms with E-state index in [1.165, 1.54) is 0 Å². The van der Waals surface area contributed by atoms with E-state index < -0.39 is 6.67 Å². The van der Waals surface area contributed by atoms with Crippen molar-refractivity contribution >= 4 is 23.2 Å². The number of hydrogen-bond donors (Lipinski definition) is 1. The predicted octanol–water partition coefficient (Wildman–Crippen LogP) is 4.30. The van der Waals surface area contributed by atoms with Gasteiger partial charge in [-0.2, -0.15) is 5.26 Å². The Hall–Kier alpha value is -3.21. The number of aromatic amines is 1. The van der Waals surface area contributed by atoms with Crippen molar-refractivity contribution in [3.63, 3.8) is 0 Å². The third kappa shape index (κ3) is 4.82. The van der Waals surface area contributed by atoms with Gasteiger partial charge in [-0.1, -0.05) is 29.8 Å². The van der Waals surface area contributed by atoms with Gasteiger partial charge in [-0.05, 0) is 48.7 Å². The number of nitrogens with zero attached hydrogens (tertiary/aromatic N) is 4. The minimum absolute atomic E-state index is 0.0632. The lowest BCUT2D eigenvalue weighted by atomic mass is 9.97. The Kier molecular flexibility index (Phi) is 6.84. The molecule has 1 aromatic heterocycles. The molecule has 2 heterocycles. The summed E-state index contributed by atoms with van der Waals surface area (Å²) in [5.41, 5.74) is 3.19. The number of aromatic nitrogens is 2. The number of nitriles is 1. The molecule has 0 spiro atoms. The number of nitrogens with one attached hydrogen (secondary N) is 1. The fourth-order valence-electron chi connectivity index (χ4n) is 4.22. The zero-order valence-electron chi connectivity index (χ0n) is 17.4. The molecule has 0 radical (unpaired) electrons. The molecule has 32 heavy (non-hydrogen) atoms. The number of carbonyl (C=O) groups excluding carboxylic acids is 1. The van der Waals surface area contributed by atoms with Crippen LogP contribution in [-0.4, -0.2) is 46.6 Å². The summed E-state index contributed by atoms with van der Waals surface area (Å²) < 4.78 is 13.6. The van der Waals surface area contributed by atoms with Gasteiger partial charge in [0.1, 0.15) is 0 Å². The van der Waals surface area contributed by atoms with Gasteiger partial charge in [-0.3, -0.25) is 14.1 Å². The van der Waals surface area contributed by atoms with Crippen LogP contribution in [0.3, 0.4) is 0 Å². The van der Waals surface area contributed by atoms with Crippen LogP contribution in [0, 0.1) is 11.3 Å². The average Bonchev–Trinajstić information content (AvgIpc) is 3.34. The van der Waals surface area contributed by atoms with E-state index in [1.54, 1.807) is 47.8 Å². The van der Waals surface area contributed by atoms with Gasteiger partial charge in [-0.15, -0.1) is 0 Å². The number of piperazine rings is 1. The molecule has 1 aliphatic rings. The van der Waals surface area contributed by atoms with Crippen molar-refractivity contribution in [1.82, 2.24) is 14.9 Å². The standard InChI is InChI=1S/C24H23ClFN5O/c25-19-2-1-3-20(11-19)31-14-21(8-9-26)30(15-24(31)32)23(22-13-28-16-29-22)10-17-4-6-18(12-27)7-5-17/h1-7,11,13,16,21,23H,8-10,14-15H2,(H,28,29). The minimum atomic E-state index is -0.481. The Bertz CT molecular complexity index is 1100. The molecule has 2 unspecified atom stereocenters. The molecule has 0 bridgehead atoms. The summed E-state index contributed by atoms with van der Waals surface area (Å²) in [5.74, 6) is -0.0632. The largest absolute Gasteiger partial charge is 0.347 e. The number of anilines is 1. The van der Waals surface area contributed by atoms with Crippen LogP contribution in [0.1, 0.15) is 29.3 Å². The first kappa shape index (κ1) is 22.0. The first-order valence-corrected chi connectivity index (χ1v) is 10.8. The van der Waals surface area contributed by atoms with Gasteiger partial charge in [0.15, 0.2) is 0 Å². The van der Waals surface area contributed by atoms with Gasteiger partial charge >= 0.3 is 0 Å². The van der Waals surface area contributed by atoms with E-state index in [0.29, 0.717) is 30.0 Å². The third-order valence-electron chi connectivity index (χ3n) is 5.83. The third-order valence-corrected chi connectivity index (χ3v) is 6.07. The highest BCUT2D eigenvalue weighted by Crippen LogP contribution is 2.32. The van der Waals surface area contributed by atoms with E-state index in [2.05, 4.69) is 20.9 Å². The lowest BCUT2D eigenvalue weighted by molar-refractivity contribution is -0.123. The molecule has 0 saturated carbocycles.